The zero-order valence-electron chi connectivity index (χ0n) is 19.0. The lowest BCUT2D eigenvalue weighted by molar-refractivity contribution is -0.940. The normalized spacial score (nSPS) is 20.8. The fourth-order valence-electron chi connectivity index (χ4n) is 4.65. The maximum Gasteiger partial charge on any atom is 0.314 e. The van der Waals surface area contributed by atoms with E-state index in [0.29, 0.717) is 24.2 Å². The van der Waals surface area contributed by atoms with Crippen LogP contribution in [0.1, 0.15) is 42.9 Å². The molecule has 1 saturated heterocycles. The molecule has 31 heavy (non-hydrogen) atoms. The molecule has 0 spiro atoms. The van der Waals surface area contributed by atoms with Gasteiger partial charge in [-0.3, -0.25) is 9.59 Å². The van der Waals surface area contributed by atoms with E-state index in [9.17, 15) is 9.59 Å². The maximum absolute atomic E-state index is 13.2. The van der Waals surface area contributed by atoms with Crippen molar-refractivity contribution in [1.29, 1.82) is 0 Å². The van der Waals surface area contributed by atoms with Gasteiger partial charge in [0.15, 0.2) is 6.54 Å². The molecule has 0 aromatic heterocycles. The van der Waals surface area contributed by atoms with E-state index in [4.69, 9.17) is 4.74 Å². The Hall–Kier alpha value is -2.66. The highest BCUT2D eigenvalue weighted by Crippen LogP contribution is 2.28. The smallest absolute Gasteiger partial charge is 0.314 e. The average molecular weight is 424 g/mol. The van der Waals surface area contributed by atoms with Crippen molar-refractivity contribution in [3.05, 3.63) is 65.2 Å². The molecule has 5 heteroatoms. The highest BCUT2D eigenvalue weighted by molar-refractivity contribution is 5.93. The molecule has 2 atom stereocenters. The standard InChI is InChI=1S/C26H34N2O3/c1-4-16-31-26(30)23-14-9-15-28(18-23,17-22-12-6-5-7-13-22)19-24(29)27-25-20(2)10-8-11-21(25)3/h5-8,10-13,23H,4,9,14-19H2,1-3H3/p+1. The molecule has 1 fully saturated rings. The third-order valence-electron chi connectivity index (χ3n) is 6.16. The number of carbonyl (C=O) groups excluding carboxylic acids is 2. The fourth-order valence-corrected chi connectivity index (χ4v) is 4.65. The summed E-state index contributed by atoms with van der Waals surface area (Å²) in [5.41, 5.74) is 4.19. The lowest BCUT2D eigenvalue weighted by atomic mass is 9.94. The van der Waals surface area contributed by atoms with E-state index in [-0.39, 0.29) is 17.8 Å². The molecule has 1 aliphatic heterocycles. The predicted molar refractivity (Wildman–Crippen MR) is 124 cm³/mol. The van der Waals surface area contributed by atoms with Gasteiger partial charge in [-0.2, -0.15) is 0 Å². The molecule has 0 aliphatic carbocycles. The zero-order chi connectivity index (χ0) is 22.3. The van der Waals surface area contributed by atoms with Crippen LogP contribution >= 0.6 is 0 Å². The molecule has 0 bridgehead atoms. The second-order valence-electron chi connectivity index (χ2n) is 8.87. The molecule has 1 N–H and O–H groups in total. The van der Waals surface area contributed by atoms with Crippen molar-refractivity contribution in [1.82, 2.24) is 0 Å². The summed E-state index contributed by atoms with van der Waals surface area (Å²) >= 11 is 0. The van der Waals surface area contributed by atoms with Crippen LogP contribution in [0.5, 0.6) is 0 Å². The largest absolute Gasteiger partial charge is 0.465 e. The third kappa shape index (κ3) is 6.17. The van der Waals surface area contributed by atoms with E-state index in [1.54, 1.807) is 0 Å². The number of nitrogens with zero attached hydrogens (tertiary/aromatic N) is 1. The molecule has 1 heterocycles. The maximum atomic E-state index is 13.2. The Labute approximate surface area is 186 Å². The summed E-state index contributed by atoms with van der Waals surface area (Å²) in [6.45, 7) is 9.08. The molecular formula is C26H35N2O3+. The Balaban J connectivity index is 1.80. The van der Waals surface area contributed by atoms with Crippen LogP contribution < -0.4 is 5.32 Å². The van der Waals surface area contributed by atoms with Gasteiger partial charge in [0.1, 0.15) is 12.5 Å². The Morgan fingerprint density at radius 1 is 1.06 bits per heavy atom. The van der Waals surface area contributed by atoms with Crippen molar-refractivity contribution < 1.29 is 18.8 Å². The number of rotatable bonds is 8. The number of quaternary nitrogens is 1. The summed E-state index contributed by atoms with van der Waals surface area (Å²) in [4.78, 5) is 25.8. The zero-order valence-corrected chi connectivity index (χ0v) is 19.0. The SMILES string of the molecule is CCCOC(=O)C1CCC[N+](CC(=O)Nc2c(C)cccc2C)(Cc2ccccc2)C1. The van der Waals surface area contributed by atoms with Crippen molar-refractivity contribution in [2.24, 2.45) is 5.92 Å². The van der Waals surface area contributed by atoms with E-state index in [1.165, 1.54) is 5.56 Å². The first-order chi connectivity index (χ1) is 14.9. The molecule has 1 aliphatic rings. The molecule has 5 nitrogen and oxygen atoms in total. The summed E-state index contributed by atoms with van der Waals surface area (Å²) in [7, 11) is 0. The Morgan fingerprint density at radius 3 is 2.45 bits per heavy atom. The summed E-state index contributed by atoms with van der Waals surface area (Å²) in [5, 5.41) is 3.14. The molecule has 3 rings (SSSR count). The summed E-state index contributed by atoms with van der Waals surface area (Å²) < 4.78 is 6.03. The second kappa shape index (κ2) is 10.6. The van der Waals surface area contributed by atoms with Crippen LogP contribution in [0.3, 0.4) is 0 Å². The monoisotopic (exact) mass is 423 g/mol. The molecule has 2 aromatic rings. The second-order valence-corrected chi connectivity index (χ2v) is 8.87. The number of nitrogens with one attached hydrogen (secondary N) is 1. The number of benzene rings is 2. The van der Waals surface area contributed by atoms with Crippen molar-refractivity contribution in [3.63, 3.8) is 0 Å². The fraction of sp³-hybridized carbons (Fsp3) is 0.462. The van der Waals surface area contributed by atoms with Gasteiger partial charge in [-0.25, -0.2) is 0 Å². The number of aryl methyl sites for hydroxylation is 2. The quantitative estimate of drug-likeness (QED) is 0.498. The molecule has 1 amide bonds. The minimum Gasteiger partial charge on any atom is -0.465 e. The van der Waals surface area contributed by atoms with E-state index in [0.717, 1.165) is 49.2 Å². The van der Waals surface area contributed by atoms with Gasteiger partial charge < -0.3 is 14.5 Å². The van der Waals surface area contributed by atoms with Gasteiger partial charge in [0.05, 0.1) is 19.7 Å². The van der Waals surface area contributed by atoms with Gasteiger partial charge in [-0.05, 0) is 44.2 Å². The van der Waals surface area contributed by atoms with E-state index in [2.05, 4.69) is 17.4 Å². The first kappa shape index (κ1) is 23.0. The van der Waals surface area contributed by atoms with Gasteiger partial charge in [-0.1, -0.05) is 55.5 Å². The van der Waals surface area contributed by atoms with E-state index < -0.39 is 0 Å². The van der Waals surface area contributed by atoms with Crippen LogP contribution in [-0.2, 0) is 20.9 Å². The topological polar surface area (TPSA) is 55.4 Å². The number of likely N-dealkylation sites (tertiary alicyclic amines) is 1. The third-order valence-corrected chi connectivity index (χ3v) is 6.16. The van der Waals surface area contributed by atoms with Crippen LogP contribution in [0.2, 0.25) is 0 Å². The van der Waals surface area contributed by atoms with Crippen LogP contribution in [-0.4, -0.2) is 42.6 Å². The minimum absolute atomic E-state index is 0.00379. The summed E-state index contributed by atoms with van der Waals surface area (Å²) in [6.07, 6.45) is 2.56. The highest BCUT2D eigenvalue weighted by atomic mass is 16.5. The summed E-state index contributed by atoms with van der Waals surface area (Å²) in [5.74, 6) is -0.278. The van der Waals surface area contributed by atoms with Gasteiger partial charge in [0, 0.05) is 11.3 Å². The number of ether oxygens (including phenoxy) is 1. The highest BCUT2D eigenvalue weighted by Gasteiger charge is 2.40. The van der Waals surface area contributed by atoms with Crippen LogP contribution in [0.25, 0.3) is 0 Å². The minimum atomic E-state index is -0.156. The molecule has 166 valence electrons. The van der Waals surface area contributed by atoms with Crippen molar-refractivity contribution >= 4 is 17.6 Å². The number of carbonyl (C=O) groups is 2. The molecule has 2 unspecified atom stereocenters. The lowest BCUT2D eigenvalue weighted by Crippen LogP contribution is -2.58. The van der Waals surface area contributed by atoms with E-state index >= 15 is 0 Å². The van der Waals surface area contributed by atoms with Crippen LogP contribution in [0.4, 0.5) is 5.69 Å². The molecule has 0 radical (unpaired) electrons. The summed E-state index contributed by atoms with van der Waals surface area (Å²) in [6, 6.07) is 16.3. The molecular weight excluding hydrogens is 388 g/mol. The average Bonchev–Trinajstić information content (AvgIpc) is 2.75. The number of hydrogen-bond donors (Lipinski definition) is 1. The van der Waals surface area contributed by atoms with Crippen LogP contribution in [0, 0.1) is 19.8 Å². The first-order valence-electron chi connectivity index (χ1n) is 11.3. The number of amides is 1. The van der Waals surface area contributed by atoms with Crippen molar-refractivity contribution in [3.8, 4) is 0 Å². The van der Waals surface area contributed by atoms with Crippen molar-refractivity contribution in [2.75, 3.05) is 31.6 Å². The number of hydrogen-bond acceptors (Lipinski definition) is 3. The Kier molecular flexibility index (Phi) is 7.85. The molecule has 2 aromatic carbocycles. The van der Waals surface area contributed by atoms with Crippen molar-refractivity contribution in [2.45, 2.75) is 46.6 Å². The first-order valence-corrected chi connectivity index (χ1v) is 11.3. The van der Waals surface area contributed by atoms with Crippen LogP contribution in [0.15, 0.2) is 48.5 Å². The molecule has 0 saturated carbocycles. The number of esters is 1. The Morgan fingerprint density at radius 2 is 1.77 bits per heavy atom. The number of anilines is 1. The van der Waals surface area contributed by atoms with Gasteiger partial charge >= 0.3 is 5.97 Å². The number of para-hydroxylation sites is 1. The van der Waals surface area contributed by atoms with Gasteiger partial charge in [0.2, 0.25) is 0 Å². The van der Waals surface area contributed by atoms with Gasteiger partial charge in [-0.15, -0.1) is 0 Å². The van der Waals surface area contributed by atoms with E-state index in [1.807, 2.05) is 57.2 Å². The predicted octanol–water partition coefficient (Wildman–Crippen LogP) is 4.62. The lowest BCUT2D eigenvalue weighted by Gasteiger charge is -2.43. The number of piperidine rings is 1. The Bertz CT molecular complexity index is 877. The van der Waals surface area contributed by atoms with Gasteiger partial charge in [0.25, 0.3) is 5.91 Å².